The summed E-state index contributed by atoms with van der Waals surface area (Å²) in [5.41, 5.74) is 4.54. The highest BCUT2D eigenvalue weighted by atomic mass is 16.4. The Kier molecular flexibility index (Phi) is 4.00. The van der Waals surface area contributed by atoms with Crippen LogP contribution in [0.15, 0.2) is 24.3 Å². The van der Waals surface area contributed by atoms with E-state index in [4.69, 9.17) is 0 Å². The first kappa shape index (κ1) is 15.8. The largest absolute Gasteiger partial charge is 0.476 e. The fourth-order valence-corrected chi connectivity index (χ4v) is 3.26. The topological polar surface area (TPSA) is 55.1 Å². The number of fused-ring (bicyclic) bond motifs is 1. The van der Waals surface area contributed by atoms with Gasteiger partial charge in [-0.15, -0.1) is 0 Å². The van der Waals surface area contributed by atoms with Crippen LogP contribution in [0.1, 0.15) is 67.3 Å². The fourth-order valence-electron chi connectivity index (χ4n) is 3.26. The Morgan fingerprint density at radius 1 is 1.09 bits per heavy atom. The fraction of sp³-hybridized carbons (Fsp3) is 0.474. The smallest absolute Gasteiger partial charge is 0.356 e. The van der Waals surface area contributed by atoms with E-state index in [1.54, 1.807) is 0 Å². The zero-order chi connectivity index (χ0) is 16.6. The van der Waals surface area contributed by atoms with Crippen molar-refractivity contribution < 1.29 is 9.90 Å². The maximum absolute atomic E-state index is 11.5. The van der Waals surface area contributed by atoms with Gasteiger partial charge in [0.1, 0.15) is 0 Å². The van der Waals surface area contributed by atoms with Crippen molar-refractivity contribution in [2.75, 3.05) is 0 Å². The molecule has 0 amide bonds. The molecule has 3 rings (SSSR count). The second kappa shape index (κ2) is 5.84. The van der Waals surface area contributed by atoms with E-state index in [1.165, 1.54) is 5.56 Å². The summed E-state index contributed by atoms with van der Waals surface area (Å²) >= 11 is 0. The molecule has 1 aromatic heterocycles. The second-order valence-corrected chi connectivity index (χ2v) is 7.35. The van der Waals surface area contributed by atoms with Crippen LogP contribution in [-0.4, -0.2) is 20.9 Å². The zero-order valence-electron chi connectivity index (χ0n) is 14.1. The number of carbonyl (C=O) groups is 1. The van der Waals surface area contributed by atoms with Crippen LogP contribution in [0.4, 0.5) is 0 Å². The van der Waals surface area contributed by atoms with Gasteiger partial charge in [-0.3, -0.25) is 0 Å². The standard InChI is InChI=1S/C19H24N2O2/c1-19(2,3)13-9-11-14(12-10-13)21-16-8-6-4-5-7-15(16)17(20-21)18(22)23/h9-12H,4-8H2,1-3H3,(H,22,23). The predicted molar refractivity (Wildman–Crippen MR) is 90.5 cm³/mol. The molecule has 0 radical (unpaired) electrons. The van der Waals surface area contributed by atoms with Gasteiger partial charge in [0, 0.05) is 11.3 Å². The van der Waals surface area contributed by atoms with Crippen molar-refractivity contribution in [3.63, 3.8) is 0 Å². The zero-order valence-corrected chi connectivity index (χ0v) is 14.1. The third-order valence-electron chi connectivity index (χ3n) is 4.61. The van der Waals surface area contributed by atoms with Crippen LogP contribution >= 0.6 is 0 Å². The highest BCUT2D eigenvalue weighted by Crippen LogP contribution is 2.28. The lowest BCUT2D eigenvalue weighted by Crippen LogP contribution is -2.11. The number of benzene rings is 1. The molecule has 122 valence electrons. The summed E-state index contributed by atoms with van der Waals surface area (Å²) < 4.78 is 1.84. The Bertz CT molecular complexity index is 721. The molecule has 0 bridgehead atoms. The average Bonchev–Trinajstić information content (AvgIpc) is 2.69. The van der Waals surface area contributed by atoms with Crippen molar-refractivity contribution in [3.05, 3.63) is 46.8 Å². The molecule has 4 nitrogen and oxygen atoms in total. The van der Waals surface area contributed by atoms with Gasteiger partial charge >= 0.3 is 5.97 Å². The Morgan fingerprint density at radius 3 is 2.35 bits per heavy atom. The van der Waals surface area contributed by atoms with Crippen LogP contribution in [0, 0.1) is 0 Å². The third-order valence-corrected chi connectivity index (χ3v) is 4.61. The molecule has 0 aliphatic heterocycles. The number of rotatable bonds is 2. The molecule has 1 aliphatic rings. The third kappa shape index (κ3) is 3.03. The predicted octanol–water partition coefficient (Wildman–Crippen LogP) is 4.14. The monoisotopic (exact) mass is 312 g/mol. The van der Waals surface area contributed by atoms with Gasteiger partial charge in [0.25, 0.3) is 0 Å². The van der Waals surface area contributed by atoms with Gasteiger partial charge in [0.2, 0.25) is 0 Å². The molecule has 0 unspecified atom stereocenters. The van der Waals surface area contributed by atoms with E-state index in [9.17, 15) is 9.90 Å². The van der Waals surface area contributed by atoms with E-state index in [1.807, 2.05) is 16.8 Å². The summed E-state index contributed by atoms with van der Waals surface area (Å²) in [6.07, 6.45) is 5.00. The Labute approximate surface area is 137 Å². The number of aromatic carboxylic acids is 1. The lowest BCUT2D eigenvalue weighted by Gasteiger charge is -2.19. The molecular weight excluding hydrogens is 288 g/mol. The molecule has 1 heterocycles. The Morgan fingerprint density at radius 2 is 1.74 bits per heavy atom. The molecule has 0 saturated carbocycles. The highest BCUT2D eigenvalue weighted by Gasteiger charge is 2.24. The van der Waals surface area contributed by atoms with Crippen LogP contribution in [0.25, 0.3) is 5.69 Å². The molecule has 0 spiro atoms. The first-order valence-corrected chi connectivity index (χ1v) is 8.33. The lowest BCUT2D eigenvalue weighted by atomic mass is 9.87. The van der Waals surface area contributed by atoms with E-state index < -0.39 is 5.97 Å². The minimum Gasteiger partial charge on any atom is -0.476 e. The summed E-state index contributed by atoms with van der Waals surface area (Å²) in [5, 5.41) is 13.9. The van der Waals surface area contributed by atoms with Crippen molar-refractivity contribution in [1.82, 2.24) is 9.78 Å². The molecule has 0 atom stereocenters. The molecule has 23 heavy (non-hydrogen) atoms. The average molecular weight is 312 g/mol. The Balaban J connectivity index is 2.07. The van der Waals surface area contributed by atoms with Gasteiger partial charge in [-0.05, 0) is 48.8 Å². The van der Waals surface area contributed by atoms with Gasteiger partial charge in [-0.25, -0.2) is 9.48 Å². The van der Waals surface area contributed by atoms with E-state index in [-0.39, 0.29) is 11.1 Å². The van der Waals surface area contributed by atoms with Crippen LogP contribution in [0.3, 0.4) is 0 Å². The normalized spacial score (nSPS) is 15.1. The summed E-state index contributed by atoms with van der Waals surface area (Å²) in [6, 6.07) is 8.32. The van der Waals surface area contributed by atoms with Crippen LogP contribution in [-0.2, 0) is 18.3 Å². The maximum Gasteiger partial charge on any atom is 0.356 e. The molecule has 4 heteroatoms. The molecular formula is C19H24N2O2. The van der Waals surface area contributed by atoms with E-state index in [0.717, 1.165) is 49.0 Å². The van der Waals surface area contributed by atoms with E-state index in [2.05, 4.69) is 38.0 Å². The molecule has 0 saturated heterocycles. The molecule has 1 N–H and O–H groups in total. The number of carboxylic acids is 1. The van der Waals surface area contributed by atoms with Crippen LogP contribution in [0.5, 0.6) is 0 Å². The van der Waals surface area contributed by atoms with E-state index >= 15 is 0 Å². The van der Waals surface area contributed by atoms with Gasteiger partial charge < -0.3 is 5.11 Å². The quantitative estimate of drug-likeness (QED) is 0.848. The van der Waals surface area contributed by atoms with Crippen molar-refractivity contribution in [3.8, 4) is 5.69 Å². The number of hydrogen-bond donors (Lipinski definition) is 1. The van der Waals surface area contributed by atoms with Gasteiger partial charge in [0.05, 0.1) is 5.69 Å². The lowest BCUT2D eigenvalue weighted by molar-refractivity contribution is 0.0688. The van der Waals surface area contributed by atoms with Gasteiger partial charge in [-0.2, -0.15) is 5.10 Å². The molecule has 1 aromatic carbocycles. The van der Waals surface area contributed by atoms with Gasteiger partial charge in [-0.1, -0.05) is 39.3 Å². The molecule has 0 fully saturated rings. The van der Waals surface area contributed by atoms with Crippen molar-refractivity contribution >= 4 is 5.97 Å². The van der Waals surface area contributed by atoms with Crippen molar-refractivity contribution in [1.29, 1.82) is 0 Å². The van der Waals surface area contributed by atoms with Gasteiger partial charge in [0.15, 0.2) is 5.69 Å². The first-order chi connectivity index (χ1) is 10.9. The summed E-state index contributed by atoms with van der Waals surface area (Å²) in [5.74, 6) is -0.923. The van der Waals surface area contributed by atoms with Crippen molar-refractivity contribution in [2.45, 2.75) is 58.3 Å². The van der Waals surface area contributed by atoms with Crippen LogP contribution < -0.4 is 0 Å². The molecule has 1 aliphatic carbocycles. The number of aromatic nitrogens is 2. The number of hydrogen-bond acceptors (Lipinski definition) is 2. The minimum absolute atomic E-state index is 0.103. The minimum atomic E-state index is -0.923. The Hall–Kier alpha value is -2.10. The van der Waals surface area contributed by atoms with Crippen molar-refractivity contribution in [2.24, 2.45) is 0 Å². The summed E-state index contributed by atoms with van der Waals surface area (Å²) in [4.78, 5) is 11.5. The maximum atomic E-state index is 11.5. The number of carboxylic acid groups (broad SMARTS) is 1. The second-order valence-electron chi connectivity index (χ2n) is 7.35. The molecule has 2 aromatic rings. The first-order valence-electron chi connectivity index (χ1n) is 8.33. The summed E-state index contributed by atoms with van der Waals surface area (Å²) in [7, 11) is 0. The van der Waals surface area contributed by atoms with Crippen LogP contribution in [0.2, 0.25) is 0 Å². The number of nitrogens with zero attached hydrogens (tertiary/aromatic N) is 2. The highest BCUT2D eigenvalue weighted by molar-refractivity contribution is 5.87. The SMILES string of the molecule is CC(C)(C)c1ccc(-n2nc(C(=O)O)c3c2CCCCC3)cc1. The summed E-state index contributed by atoms with van der Waals surface area (Å²) in [6.45, 7) is 6.56. The van der Waals surface area contributed by atoms with E-state index in [0.29, 0.717) is 0 Å².